The van der Waals surface area contributed by atoms with Gasteiger partial charge in [-0.05, 0) is 74.3 Å². The zero-order chi connectivity index (χ0) is 25.1. The number of ketones is 1. The first-order valence-corrected chi connectivity index (χ1v) is 12.8. The molecule has 2 aromatic carbocycles. The van der Waals surface area contributed by atoms with Crippen LogP contribution in [0.5, 0.6) is 5.75 Å². The minimum Gasteiger partial charge on any atom is -0.507 e. The average molecular weight is 477 g/mol. The molecule has 0 radical (unpaired) electrons. The Morgan fingerprint density at radius 3 is 2.46 bits per heavy atom. The number of hydrogen-bond acceptors (Lipinski definition) is 5. The molecule has 0 bridgehead atoms. The van der Waals surface area contributed by atoms with Crippen molar-refractivity contribution < 1.29 is 19.4 Å². The lowest BCUT2D eigenvalue weighted by atomic mass is 9.93. The van der Waals surface area contributed by atoms with Gasteiger partial charge in [-0.2, -0.15) is 0 Å². The smallest absolute Gasteiger partial charge is 0.295 e. The standard InChI is InChI=1S/C29H36N2O4/c1-5-20-9-11-21(12-10-20)26-25(27(32)22-13-14-24-23(18-22)17-19(4)35-24)28(33)29(34)31(26)16-8-15-30(6-2)7-3/h9-14,18-19,26,32H,5-8,15-17H2,1-4H3/t19-,26-/m1/s1. The average Bonchev–Trinajstić information content (AvgIpc) is 3.37. The molecule has 4 rings (SSSR count). The van der Waals surface area contributed by atoms with Crippen LogP contribution in [0.1, 0.15) is 62.4 Å². The number of aryl methyl sites for hydroxylation is 1. The molecule has 35 heavy (non-hydrogen) atoms. The van der Waals surface area contributed by atoms with E-state index in [9.17, 15) is 14.7 Å². The summed E-state index contributed by atoms with van der Waals surface area (Å²) in [7, 11) is 0. The number of carbonyl (C=O) groups excluding carboxylic acids is 2. The predicted octanol–water partition coefficient (Wildman–Crippen LogP) is 4.73. The number of rotatable bonds is 9. The van der Waals surface area contributed by atoms with Crippen molar-refractivity contribution in [1.29, 1.82) is 0 Å². The molecule has 0 spiro atoms. The highest BCUT2D eigenvalue weighted by molar-refractivity contribution is 6.46. The van der Waals surface area contributed by atoms with E-state index in [1.807, 2.05) is 43.3 Å². The van der Waals surface area contributed by atoms with Crippen LogP contribution in [0.3, 0.4) is 0 Å². The van der Waals surface area contributed by atoms with Gasteiger partial charge in [0.25, 0.3) is 11.7 Å². The van der Waals surface area contributed by atoms with Crippen LogP contribution in [0.2, 0.25) is 0 Å². The minimum atomic E-state index is -0.625. The monoisotopic (exact) mass is 476 g/mol. The molecule has 6 nitrogen and oxygen atoms in total. The van der Waals surface area contributed by atoms with Crippen LogP contribution in [0.4, 0.5) is 0 Å². The lowest BCUT2D eigenvalue weighted by molar-refractivity contribution is -0.140. The van der Waals surface area contributed by atoms with Gasteiger partial charge in [-0.15, -0.1) is 0 Å². The molecule has 2 heterocycles. The predicted molar refractivity (Wildman–Crippen MR) is 137 cm³/mol. The van der Waals surface area contributed by atoms with Crippen molar-refractivity contribution in [3.05, 3.63) is 70.3 Å². The van der Waals surface area contributed by atoms with Crippen molar-refractivity contribution >= 4 is 17.4 Å². The number of likely N-dealkylation sites (tertiary alicyclic amines) is 1. The molecular weight excluding hydrogens is 440 g/mol. The summed E-state index contributed by atoms with van der Waals surface area (Å²) in [5.74, 6) is -0.493. The second-order valence-electron chi connectivity index (χ2n) is 9.42. The van der Waals surface area contributed by atoms with Gasteiger partial charge in [-0.1, -0.05) is 45.0 Å². The van der Waals surface area contributed by atoms with Crippen molar-refractivity contribution in [3.8, 4) is 5.75 Å². The van der Waals surface area contributed by atoms with Gasteiger partial charge < -0.3 is 19.6 Å². The summed E-state index contributed by atoms with van der Waals surface area (Å²) in [5, 5.41) is 11.4. The lowest BCUT2D eigenvalue weighted by Gasteiger charge is -2.27. The van der Waals surface area contributed by atoms with Crippen molar-refractivity contribution in [2.45, 2.75) is 59.1 Å². The number of fused-ring (bicyclic) bond motifs is 1. The molecule has 2 aromatic rings. The van der Waals surface area contributed by atoms with Crippen LogP contribution in [-0.4, -0.2) is 58.9 Å². The zero-order valence-corrected chi connectivity index (χ0v) is 21.2. The first-order valence-electron chi connectivity index (χ1n) is 12.8. The molecule has 186 valence electrons. The number of aliphatic hydroxyl groups excluding tert-OH is 1. The number of benzene rings is 2. The van der Waals surface area contributed by atoms with Gasteiger partial charge in [0, 0.05) is 18.5 Å². The van der Waals surface area contributed by atoms with E-state index in [-0.39, 0.29) is 17.4 Å². The number of carbonyl (C=O) groups is 2. The van der Waals surface area contributed by atoms with Crippen LogP contribution in [0.25, 0.3) is 5.76 Å². The van der Waals surface area contributed by atoms with Crippen molar-refractivity contribution in [1.82, 2.24) is 9.80 Å². The first kappa shape index (κ1) is 25.0. The molecule has 2 atom stereocenters. The van der Waals surface area contributed by atoms with E-state index in [0.717, 1.165) is 55.8 Å². The second kappa shape index (κ2) is 10.6. The Balaban J connectivity index is 1.73. The lowest BCUT2D eigenvalue weighted by Crippen LogP contribution is -2.33. The van der Waals surface area contributed by atoms with Crippen LogP contribution in [0.15, 0.2) is 48.0 Å². The quantitative estimate of drug-likeness (QED) is 0.322. The molecule has 6 heteroatoms. The van der Waals surface area contributed by atoms with E-state index < -0.39 is 17.7 Å². The molecule has 0 unspecified atom stereocenters. The van der Waals surface area contributed by atoms with Gasteiger partial charge in [-0.25, -0.2) is 0 Å². The first-order chi connectivity index (χ1) is 16.9. The van der Waals surface area contributed by atoms with E-state index in [0.29, 0.717) is 12.1 Å². The molecule has 0 aliphatic carbocycles. The third kappa shape index (κ3) is 4.98. The van der Waals surface area contributed by atoms with Crippen molar-refractivity contribution in [2.24, 2.45) is 0 Å². The Labute approximate surface area is 208 Å². The van der Waals surface area contributed by atoms with E-state index in [1.54, 1.807) is 11.0 Å². The van der Waals surface area contributed by atoms with Crippen LogP contribution in [-0.2, 0) is 22.4 Å². The largest absolute Gasteiger partial charge is 0.507 e. The van der Waals surface area contributed by atoms with Gasteiger partial charge >= 0.3 is 0 Å². The maximum Gasteiger partial charge on any atom is 0.295 e. The number of hydrogen-bond donors (Lipinski definition) is 1. The molecule has 1 fully saturated rings. The number of amides is 1. The van der Waals surface area contributed by atoms with E-state index >= 15 is 0 Å². The molecule has 0 aromatic heterocycles. The maximum atomic E-state index is 13.3. The summed E-state index contributed by atoms with van der Waals surface area (Å²) in [6.07, 6.45) is 2.49. The zero-order valence-electron chi connectivity index (χ0n) is 21.2. The fraction of sp³-hybridized carbons (Fsp3) is 0.448. The van der Waals surface area contributed by atoms with Crippen molar-refractivity contribution in [3.63, 3.8) is 0 Å². The number of ether oxygens (including phenoxy) is 1. The number of aliphatic hydroxyl groups is 1. The molecule has 2 aliphatic rings. The molecule has 1 N–H and O–H groups in total. The Morgan fingerprint density at radius 2 is 1.80 bits per heavy atom. The highest BCUT2D eigenvalue weighted by atomic mass is 16.5. The van der Waals surface area contributed by atoms with Crippen LogP contribution >= 0.6 is 0 Å². The van der Waals surface area contributed by atoms with Gasteiger partial charge in [-0.3, -0.25) is 9.59 Å². The highest BCUT2D eigenvalue weighted by Crippen LogP contribution is 2.40. The number of Topliss-reactive ketones (excluding diaryl/α,β-unsaturated/α-hetero) is 1. The van der Waals surface area contributed by atoms with Gasteiger partial charge in [0.15, 0.2) is 0 Å². The Hall–Kier alpha value is -3.12. The van der Waals surface area contributed by atoms with Gasteiger partial charge in [0.1, 0.15) is 17.6 Å². The molecule has 1 saturated heterocycles. The van der Waals surface area contributed by atoms with Crippen LogP contribution in [0, 0.1) is 0 Å². The molecule has 0 saturated carbocycles. The van der Waals surface area contributed by atoms with Gasteiger partial charge in [0.2, 0.25) is 0 Å². The fourth-order valence-corrected chi connectivity index (χ4v) is 5.12. The third-order valence-corrected chi connectivity index (χ3v) is 7.18. The fourth-order valence-electron chi connectivity index (χ4n) is 5.12. The Kier molecular flexibility index (Phi) is 7.60. The molecule has 2 aliphatic heterocycles. The van der Waals surface area contributed by atoms with Crippen molar-refractivity contribution in [2.75, 3.05) is 26.2 Å². The van der Waals surface area contributed by atoms with Crippen LogP contribution < -0.4 is 4.74 Å². The maximum absolute atomic E-state index is 13.3. The highest BCUT2D eigenvalue weighted by Gasteiger charge is 2.45. The second-order valence-corrected chi connectivity index (χ2v) is 9.42. The summed E-state index contributed by atoms with van der Waals surface area (Å²) in [6.45, 7) is 11.5. The summed E-state index contributed by atoms with van der Waals surface area (Å²) in [5.41, 5.74) is 3.72. The number of nitrogens with zero attached hydrogens (tertiary/aromatic N) is 2. The SMILES string of the molecule is CCc1ccc([C@@H]2C(=C(O)c3ccc4c(c3)C[C@@H](C)O4)C(=O)C(=O)N2CCCN(CC)CC)cc1. The third-order valence-electron chi connectivity index (χ3n) is 7.18. The molecular formula is C29H36N2O4. The summed E-state index contributed by atoms with van der Waals surface area (Å²) in [4.78, 5) is 30.4. The minimum absolute atomic E-state index is 0.0795. The normalized spacial score (nSPS) is 21.0. The summed E-state index contributed by atoms with van der Waals surface area (Å²) in [6, 6.07) is 12.9. The summed E-state index contributed by atoms with van der Waals surface area (Å²) < 4.78 is 5.79. The Bertz CT molecular complexity index is 1120. The van der Waals surface area contributed by atoms with E-state index in [1.165, 1.54) is 5.56 Å². The summed E-state index contributed by atoms with van der Waals surface area (Å²) >= 11 is 0. The van der Waals surface area contributed by atoms with E-state index in [2.05, 4.69) is 25.7 Å². The Morgan fingerprint density at radius 1 is 1.09 bits per heavy atom. The topological polar surface area (TPSA) is 70.1 Å². The van der Waals surface area contributed by atoms with E-state index in [4.69, 9.17) is 4.74 Å². The van der Waals surface area contributed by atoms with Gasteiger partial charge in [0.05, 0.1) is 11.6 Å². The molecule has 1 amide bonds.